The first-order valence-electron chi connectivity index (χ1n) is 8.39. The number of thiazole rings is 1. The first-order chi connectivity index (χ1) is 13.1. The summed E-state index contributed by atoms with van der Waals surface area (Å²) in [5.74, 6) is 0.788. The molecule has 0 saturated heterocycles. The molecule has 0 atom stereocenters. The van der Waals surface area contributed by atoms with Crippen molar-refractivity contribution in [3.05, 3.63) is 41.8 Å². The molecule has 1 aliphatic rings. The molecule has 9 heteroatoms. The Kier molecular flexibility index (Phi) is 5.04. The number of aromatic nitrogens is 3. The molecule has 2 heterocycles. The van der Waals surface area contributed by atoms with Gasteiger partial charge < -0.3 is 15.2 Å². The maximum absolute atomic E-state index is 10.7. The number of rotatable bonds is 7. The molecule has 0 bridgehead atoms. The molecule has 2 aromatic heterocycles. The Morgan fingerprint density at radius 1 is 1.33 bits per heavy atom. The SMILES string of the molecule is COc1cc(Sc2cnc(COC(N)=O)s2)cc(-c2cnn(C3CC3)c2)c1. The van der Waals surface area contributed by atoms with Crippen LogP contribution in [-0.2, 0) is 11.3 Å². The van der Waals surface area contributed by atoms with Crippen molar-refractivity contribution in [2.24, 2.45) is 5.73 Å². The molecule has 0 radical (unpaired) electrons. The fourth-order valence-corrected chi connectivity index (χ4v) is 4.60. The highest BCUT2D eigenvalue weighted by molar-refractivity contribution is 8.01. The zero-order valence-corrected chi connectivity index (χ0v) is 16.3. The Morgan fingerprint density at radius 3 is 2.93 bits per heavy atom. The number of carbonyl (C=O) groups is 1. The van der Waals surface area contributed by atoms with E-state index in [1.807, 2.05) is 23.0 Å². The summed E-state index contributed by atoms with van der Waals surface area (Å²) < 4.78 is 13.3. The summed E-state index contributed by atoms with van der Waals surface area (Å²) in [5.41, 5.74) is 7.12. The van der Waals surface area contributed by atoms with Gasteiger partial charge in [0.05, 0.1) is 29.8 Å². The molecule has 1 saturated carbocycles. The van der Waals surface area contributed by atoms with Gasteiger partial charge in [-0.3, -0.25) is 4.68 Å². The van der Waals surface area contributed by atoms with Crippen LogP contribution in [0.3, 0.4) is 0 Å². The van der Waals surface area contributed by atoms with Crippen LogP contribution in [0.1, 0.15) is 23.9 Å². The van der Waals surface area contributed by atoms with Crippen molar-refractivity contribution in [3.8, 4) is 16.9 Å². The number of methoxy groups -OCH3 is 1. The van der Waals surface area contributed by atoms with Crippen LogP contribution in [0.5, 0.6) is 5.75 Å². The molecule has 1 aliphatic carbocycles. The molecule has 27 heavy (non-hydrogen) atoms. The smallest absolute Gasteiger partial charge is 0.404 e. The highest BCUT2D eigenvalue weighted by Crippen LogP contribution is 2.38. The number of hydrogen-bond donors (Lipinski definition) is 1. The highest BCUT2D eigenvalue weighted by atomic mass is 32.2. The Hall–Kier alpha value is -2.52. The number of ether oxygens (including phenoxy) is 2. The van der Waals surface area contributed by atoms with Gasteiger partial charge in [0.25, 0.3) is 0 Å². The molecule has 1 fully saturated rings. The van der Waals surface area contributed by atoms with E-state index in [1.54, 1.807) is 25.1 Å². The van der Waals surface area contributed by atoms with Crippen molar-refractivity contribution in [1.29, 1.82) is 0 Å². The Morgan fingerprint density at radius 2 is 2.19 bits per heavy atom. The minimum Gasteiger partial charge on any atom is -0.497 e. The predicted octanol–water partition coefficient (Wildman–Crippen LogP) is 4.10. The number of carbonyl (C=O) groups excluding carboxylic acids is 1. The summed E-state index contributed by atoms with van der Waals surface area (Å²) in [4.78, 5) is 16.0. The van der Waals surface area contributed by atoms with Crippen LogP contribution in [0.15, 0.2) is 45.9 Å². The van der Waals surface area contributed by atoms with E-state index in [-0.39, 0.29) is 6.61 Å². The van der Waals surface area contributed by atoms with Gasteiger partial charge in [-0.1, -0.05) is 11.8 Å². The van der Waals surface area contributed by atoms with Gasteiger partial charge in [-0.05, 0) is 36.6 Å². The van der Waals surface area contributed by atoms with Gasteiger partial charge in [0.1, 0.15) is 17.4 Å². The van der Waals surface area contributed by atoms with Crippen LogP contribution < -0.4 is 10.5 Å². The Bertz CT molecular complexity index is 965. The summed E-state index contributed by atoms with van der Waals surface area (Å²) in [7, 11) is 1.66. The molecule has 3 aromatic rings. The van der Waals surface area contributed by atoms with Gasteiger partial charge in [0.2, 0.25) is 0 Å². The van der Waals surface area contributed by atoms with Gasteiger partial charge >= 0.3 is 6.09 Å². The average molecular weight is 403 g/mol. The van der Waals surface area contributed by atoms with Crippen LogP contribution in [0.25, 0.3) is 11.1 Å². The molecule has 0 spiro atoms. The molecule has 0 aliphatic heterocycles. The van der Waals surface area contributed by atoms with Crippen molar-refractivity contribution in [2.45, 2.75) is 34.6 Å². The van der Waals surface area contributed by atoms with Crippen molar-refractivity contribution >= 4 is 29.2 Å². The average Bonchev–Trinajstić information content (AvgIpc) is 3.22. The van der Waals surface area contributed by atoms with Crippen LogP contribution >= 0.6 is 23.1 Å². The fourth-order valence-electron chi connectivity index (χ4n) is 2.60. The van der Waals surface area contributed by atoms with Gasteiger partial charge in [-0.2, -0.15) is 5.10 Å². The number of amides is 1. The van der Waals surface area contributed by atoms with E-state index >= 15 is 0 Å². The fraction of sp³-hybridized carbons (Fsp3) is 0.278. The van der Waals surface area contributed by atoms with E-state index in [2.05, 4.69) is 22.3 Å². The number of nitrogens with zero attached hydrogens (tertiary/aromatic N) is 3. The molecule has 7 nitrogen and oxygen atoms in total. The molecule has 2 N–H and O–H groups in total. The van der Waals surface area contributed by atoms with Gasteiger partial charge in [-0.15, -0.1) is 11.3 Å². The van der Waals surface area contributed by atoms with Crippen LogP contribution in [0, 0.1) is 0 Å². The van der Waals surface area contributed by atoms with Crippen molar-refractivity contribution < 1.29 is 14.3 Å². The third kappa shape index (κ3) is 4.42. The lowest BCUT2D eigenvalue weighted by Crippen LogP contribution is -2.12. The summed E-state index contributed by atoms with van der Waals surface area (Å²) >= 11 is 3.05. The predicted molar refractivity (Wildman–Crippen MR) is 103 cm³/mol. The minimum atomic E-state index is -0.802. The number of nitrogens with two attached hydrogens (primary N) is 1. The molecular formula is C18H18N4O3S2. The summed E-state index contributed by atoms with van der Waals surface area (Å²) in [6.45, 7) is 0.0876. The van der Waals surface area contributed by atoms with E-state index in [0.717, 1.165) is 26.0 Å². The summed E-state index contributed by atoms with van der Waals surface area (Å²) in [6.07, 6.45) is 7.35. The second-order valence-electron chi connectivity index (χ2n) is 6.12. The minimum absolute atomic E-state index is 0.0876. The van der Waals surface area contributed by atoms with Crippen LogP contribution in [0.4, 0.5) is 4.79 Å². The monoisotopic (exact) mass is 402 g/mol. The van der Waals surface area contributed by atoms with E-state index in [0.29, 0.717) is 11.0 Å². The molecule has 0 unspecified atom stereocenters. The topological polar surface area (TPSA) is 92.3 Å². The molecular weight excluding hydrogens is 384 g/mol. The van der Waals surface area contributed by atoms with Crippen molar-refractivity contribution in [1.82, 2.24) is 14.8 Å². The molecule has 4 rings (SSSR count). The van der Waals surface area contributed by atoms with Crippen LogP contribution in [0.2, 0.25) is 0 Å². The van der Waals surface area contributed by atoms with Gasteiger partial charge in [0, 0.05) is 16.7 Å². The first-order valence-corrected chi connectivity index (χ1v) is 10.0. The third-order valence-electron chi connectivity index (χ3n) is 4.06. The number of primary amides is 1. The number of hydrogen-bond acceptors (Lipinski definition) is 7. The van der Waals surface area contributed by atoms with E-state index < -0.39 is 6.09 Å². The Labute approximate surface area is 164 Å². The summed E-state index contributed by atoms with van der Waals surface area (Å²) in [5, 5.41) is 5.17. The first kappa shape index (κ1) is 17.9. The molecule has 140 valence electrons. The third-order valence-corrected chi connectivity index (χ3v) is 6.10. The van der Waals surface area contributed by atoms with E-state index in [9.17, 15) is 4.79 Å². The maximum atomic E-state index is 10.7. The molecule has 1 amide bonds. The summed E-state index contributed by atoms with van der Waals surface area (Å²) in [6, 6.07) is 6.66. The highest BCUT2D eigenvalue weighted by Gasteiger charge is 2.24. The number of benzene rings is 1. The van der Waals surface area contributed by atoms with Crippen molar-refractivity contribution in [2.75, 3.05) is 7.11 Å². The van der Waals surface area contributed by atoms with Crippen molar-refractivity contribution in [3.63, 3.8) is 0 Å². The second-order valence-corrected chi connectivity index (χ2v) is 8.61. The maximum Gasteiger partial charge on any atom is 0.404 e. The molecule has 1 aromatic carbocycles. The lowest BCUT2D eigenvalue weighted by atomic mass is 10.1. The lowest BCUT2D eigenvalue weighted by Gasteiger charge is -2.07. The van der Waals surface area contributed by atoms with Gasteiger partial charge in [-0.25, -0.2) is 9.78 Å². The van der Waals surface area contributed by atoms with E-state index in [1.165, 1.54) is 24.2 Å². The Balaban J connectivity index is 1.54. The lowest BCUT2D eigenvalue weighted by molar-refractivity contribution is 0.150. The second kappa shape index (κ2) is 7.61. The van der Waals surface area contributed by atoms with Crippen LogP contribution in [-0.4, -0.2) is 28.0 Å². The largest absolute Gasteiger partial charge is 0.497 e. The zero-order valence-electron chi connectivity index (χ0n) is 14.6. The standard InChI is InChI=1S/C18H18N4O3S2/c1-24-14-4-11(12-7-21-22(9-12)13-2-3-13)5-15(6-14)26-17-8-20-16(27-17)10-25-18(19)23/h4-9,13H,2-3,10H2,1H3,(H2,19,23). The van der Waals surface area contributed by atoms with Gasteiger partial charge in [0.15, 0.2) is 0 Å². The normalized spacial score (nSPS) is 13.5. The zero-order chi connectivity index (χ0) is 18.8. The quantitative estimate of drug-likeness (QED) is 0.640. The van der Waals surface area contributed by atoms with E-state index in [4.69, 9.17) is 15.2 Å².